The van der Waals surface area contributed by atoms with Crippen LogP contribution in [0.3, 0.4) is 0 Å². The van der Waals surface area contributed by atoms with E-state index in [1.54, 1.807) is 17.9 Å². The first-order valence-corrected chi connectivity index (χ1v) is 6.57. The van der Waals surface area contributed by atoms with Gasteiger partial charge in [0.2, 0.25) is 0 Å². The second-order valence-corrected chi connectivity index (χ2v) is 5.27. The van der Waals surface area contributed by atoms with Gasteiger partial charge in [-0.3, -0.25) is 9.67 Å². The van der Waals surface area contributed by atoms with Crippen LogP contribution in [-0.4, -0.2) is 19.9 Å². The maximum absolute atomic E-state index is 10.3. The van der Waals surface area contributed by atoms with E-state index >= 15 is 0 Å². The van der Waals surface area contributed by atoms with Crippen molar-refractivity contribution in [3.8, 4) is 0 Å². The molecule has 0 saturated carbocycles. The number of halogens is 1. The molecular weight excluding hydrogens is 262 g/mol. The number of hydrogen-bond acceptors (Lipinski definition) is 3. The molecular formula is C14H18ClN3O. The minimum atomic E-state index is -0.666. The van der Waals surface area contributed by atoms with Crippen LogP contribution in [0, 0.1) is 20.8 Å². The number of pyridine rings is 1. The smallest absolute Gasteiger partial charge is 0.130 e. The molecule has 0 radical (unpaired) electrons. The van der Waals surface area contributed by atoms with Crippen molar-refractivity contribution < 1.29 is 5.11 Å². The standard InChI is InChI=1S/C14H18ClN3O/c1-8-5-9(2)13(16-7-8)12(19)6-11-10(3)17-18(4)14(11)15/h5,7,12,19H,6H2,1-4H3. The van der Waals surface area contributed by atoms with Gasteiger partial charge in [-0.2, -0.15) is 5.10 Å². The van der Waals surface area contributed by atoms with Crippen molar-refractivity contribution in [3.63, 3.8) is 0 Å². The Morgan fingerprint density at radius 1 is 1.37 bits per heavy atom. The van der Waals surface area contributed by atoms with Crippen LogP contribution in [-0.2, 0) is 13.5 Å². The van der Waals surface area contributed by atoms with Gasteiger partial charge >= 0.3 is 0 Å². The van der Waals surface area contributed by atoms with Crippen molar-refractivity contribution in [1.29, 1.82) is 0 Å². The van der Waals surface area contributed by atoms with E-state index in [9.17, 15) is 5.11 Å². The van der Waals surface area contributed by atoms with Crippen LogP contribution in [0.5, 0.6) is 0 Å². The molecule has 5 heteroatoms. The van der Waals surface area contributed by atoms with Gasteiger partial charge in [-0.25, -0.2) is 0 Å². The van der Waals surface area contributed by atoms with Crippen molar-refractivity contribution >= 4 is 11.6 Å². The van der Waals surface area contributed by atoms with Crippen LogP contribution < -0.4 is 0 Å². The zero-order chi connectivity index (χ0) is 14.2. The maximum atomic E-state index is 10.3. The van der Waals surface area contributed by atoms with Gasteiger partial charge in [0, 0.05) is 25.2 Å². The summed E-state index contributed by atoms with van der Waals surface area (Å²) in [6, 6.07) is 2.02. The zero-order valence-corrected chi connectivity index (χ0v) is 12.4. The summed E-state index contributed by atoms with van der Waals surface area (Å²) in [5.74, 6) is 0. The van der Waals surface area contributed by atoms with Gasteiger partial charge in [0.25, 0.3) is 0 Å². The summed E-state index contributed by atoms with van der Waals surface area (Å²) in [6.45, 7) is 5.83. The maximum Gasteiger partial charge on any atom is 0.130 e. The predicted octanol–water partition coefficient (Wildman–Crippen LogP) is 2.67. The molecule has 4 nitrogen and oxygen atoms in total. The lowest BCUT2D eigenvalue weighted by molar-refractivity contribution is 0.172. The molecule has 0 aromatic carbocycles. The normalized spacial score (nSPS) is 12.7. The predicted molar refractivity (Wildman–Crippen MR) is 75.3 cm³/mol. The van der Waals surface area contributed by atoms with Gasteiger partial charge in [0.15, 0.2) is 0 Å². The highest BCUT2D eigenvalue weighted by Crippen LogP contribution is 2.26. The highest BCUT2D eigenvalue weighted by Gasteiger charge is 2.19. The van der Waals surface area contributed by atoms with Crippen molar-refractivity contribution in [1.82, 2.24) is 14.8 Å². The quantitative estimate of drug-likeness (QED) is 0.940. The lowest BCUT2D eigenvalue weighted by atomic mass is 10.0. The van der Waals surface area contributed by atoms with Crippen LogP contribution in [0.4, 0.5) is 0 Å². The number of aryl methyl sites for hydroxylation is 4. The average molecular weight is 280 g/mol. The summed E-state index contributed by atoms with van der Waals surface area (Å²) in [7, 11) is 1.79. The zero-order valence-electron chi connectivity index (χ0n) is 11.6. The molecule has 0 bridgehead atoms. The third kappa shape index (κ3) is 2.80. The first-order valence-electron chi connectivity index (χ1n) is 6.19. The number of hydrogen-bond donors (Lipinski definition) is 1. The number of aromatic nitrogens is 3. The molecule has 0 fully saturated rings. The van der Waals surface area contributed by atoms with Gasteiger partial charge in [-0.1, -0.05) is 17.7 Å². The minimum absolute atomic E-state index is 0.426. The molecule has 2 aromatic rings. The fraction of sp³-hybridized carbons (Fsp3) is 0.429. The molecule has 102 valence electrons. The molecule has 2 rings (SSSR count). The number of rotatable bonds is 3. The molecule has 0 aliphatic rings. The summed E-state index contributed by atoms with van der Waals surface area (Å²) >= 11 is 6.18. The van der Waals surface area contributed by atoms with Crippen LogP contribution in [0.25, 0.3) is 0 Å². The summed E-state index contributed by atoms with van der Waals surface area (Å²) in [5.41, 5.74) is 4.49. The number of aliphatic hydroxyl groups excluding tert-OH is 1. The number of nitrogens with zero attached hydrogens (tertiary/aromatic N) is 3. The largest absolute Gasteiger partial charge is 0.386 e. The second-order valence-electron chi connectivity index (χ2n) is 4.91. The SMILES string of the molecule is Cc1cnc(C(O)Cc2c(C)nn(C)c2Cl)c(C)c1. The van der Waals surface area contributed by atoms with Crippen LogP contribution in [0.2, 0.25) is 5.15 Å². The Morgan fingerprint density at radius 3 is 2.58 bits per heavy atom. The second kappa shape index (κ2) is 5.31. The topological polar surface area (TPSA) is 50.9 Å². The van der Waals surface area contributed by atoms with E-state index in [0.29, 0.717) is 17.3 Å². The monoisotopic (exact) mass is 279 g/mol. The van der Waals surface area contributed by atoms with Crippen molar-refractivity contribution in [2.75, 3.05) is 0 Å². The van der Waals surface area contributed by atoms with Gasteiger partial charge in [0.1, 0.15) is 11.3 Å². The minimum Gasteiger partial charge on any atom is -0.386 e. The van der Waals surface area contributed by atoms with E-state index in [1.807, 2.05) is 26.8 Å². The summed E-state index contributed by atoms with van der Waals surface area (Å²) in [4.78, 5) is 4.32. The van der Waals surface area contributed by atoms with Crippen molar-refractivity contribution in [2.45, 2.75) is 33.3 Å². The van der Waals surface area contributed by atoms with Crippen molar-refractivity contribution in [3.05, 3.63) is 45.5 Å². The van der Waals surface area contributed by atoms with Gasteiger partial charge < -0.3 is 5.11 Å². The highest BCUT2D eigenvalue weighted by atomic mass is 35.5. The Kier molecular flexibility index (Phi) is 3.92. The van der Waals surface area contributed by atoms with Gasteiger partial charge in [-0.05, 0) is 31.9 Å². The Morgan fingerprint density at radius 2 is 2.05 bits per heavy atom. The average Bonchev–Trinajstić information content (AvgIpc) is 2.56. The molecule has 1 N–H and O–H groups in total. The van der Waals surface area contributed by atoms with E-state index in [4.69, 9.17) is 11.6 Å². The van der Waals surface area contributed by atoms with Crippen LogP contribution >= 0.6 is 11.6 Å². The fourth-order valence-electron chi connectivity index (χ4n) is 2.27. The molecule has 2 heterocycles. The molecule has 19 heavy (non-hydrogen) atoms. The molecule has 0 amide bonds. The molecule has 0 aliphatic carbocycles. The summed E-state index contributed by atoms with van der Waals surface area (Å²) in [6.07, 6.45) is 1.53. The van der Waals surface area contributed by atoms with E-state index in [1.165, 1.54) is 0 Å². The Balaban J connectivity index is 2.28. The lowest BCUT2D eigenvalue weighted by Gasteiger charge is -2.13. The highest BCUT2D eigenvalue weighted by molar-refractivity contribution is 6.30. The van der Waals surface area contributed by atoms with E-state index < -0.39 is 6.10 Å². The van der Waals surface area contributed by atoms with Gasteiger partial charge in [0.05, 0.1) is 11.4 Å². The van der Waals surface area contributed by atoms with E-state index in [-0.39, 0.29) is 0 Å². The summed E-state index contributed by atoms with van der Waals surface area (Å²) in [5, 5.41) is 15.2. The molecule has 0 spiro atoms. The Labute approximate surface area is 118 Å². The molecule has 2 aromatic heterocycles. The summed E-state index contributed by atoms with van der Waals surface area (Å²) < 4.78 is 1.62. The third-order valence-electron chi connectivity index (χ3n) is 3.24. The van der Waals surface area contributed by atoms with Gasteiger partial charge in [-0.15, -0.1) is 0 Å². The fourth-order valence-corrected chi connectivity index (χ4v) is 2.52. The molecule has 0 aliphatic heterocycles. The first-order chi connectivity index (χ1) is 8.90. The molecule has 0 saturated heterocycles. The number of aliphatic hydroxyl groups is 1. The third-order valence-corrected chi connectivity index (χ3v) is 3.71. The van der Waals surface area contributed by atoms with E-state index in [2.05, 4.69) is 10.1 Å². The van der Waals surface area contributed by atoms with Crippen LogP contribution in [0.15, 0.2) is 12.3 Å². The van der Waals surface area contributed by atoms with E-state index in [0.717, 1.165) is 22.4 Å². The Hall–Kier alpha value is -1.39. The molecule has 1 atom stereocenters. The Bertz CT molecular complexity index is 607. The first kappa shape index (κ1) is 14.0. The molecule has 1 unspecified atom stereocenters. The lowest BCUT2D eigenvalue weighted by Crippen LogP contribution is -2.07. The van der Waals surface area contributed by atoms with Crippen molar-refractivity contribution in [2.24, 2.45) is 7.05 Å². The van der Waals surface area contributed by atoms with Crippen LogP contribution in [0.1, 0.15) is 34.2 Å².